The second kappa shape index (κ2) is 3.32. The number of nitrogens with zero attached hydrogens (tertiary/aromatic N) is 2. The molecular formula is C8H13N3. The van der Waals surface area contributed by atoms with Crippen LogP contribution in [0.1, 0.15) is 25.5 Å². The van der Waals surface area contributed by atoms with E-state index in [9.17, 15) is 0 Å². The summed E-state index contributed by atoms with van der Waals surface area (Å²) in [6.07, 6.45) is 3.55. The first-order valence-electron chi connectivity index (χ1n) is 3.73. The zero-order chi connectivity index (χ0) is 8.27. The second-order valence-corrected chi connectivity index (χ2v) is 2.73. The molecule has 0 fully saturated rings. The van der Waals surface area contributed by atoms with Crippen molar-refractivity contribution >= 4 is 5.82 Å². The SMILES string of the molecule is CNc1cnc(C(C)C)cn1. The van der Waals surface area contributed by atoms with Crippen molar-refractivity contribution in [2.24, 2.45) is 0 Å². The molecule has 1 rings (SSSR count). The molecule has 0 aromatic carbocycles. The van der Waals surface area contributed by atoms with Crippen molar-refractivity contribution in [1.29, 1.82) is 0 Å². The normalized spacial score (nSPS) is 10.2. The van der Waals surface area contributed by atoms with Crippen molar-refractivity contribution in [3.8, 4) is 0 Å². The standard InChI is InChI=1S/C8H13N3/c1-6(2)7-4-11-8(9-3)5-10-7/h4-6H,1-3H3,(H,9,11). The van der Waals surface area contributed by atoms with Gasteiger partial charge in [-0.1, -0.05) is 13.8 Å². The maximum absolute atomic E-state index is 4.22. The highest BCUT2D eigenvalue weighted by Gasteiger charge is 1.99. The molecule has 0 amide bonds. The third kappa shape index (κ3) is 1.90. The lowest BCUT2D eigenvalue weighted by molar-refractivity contribution is 0.812. The Morgan fingerprint density at radius 1 is 1.27 bits per heavy atom. The summed E-state index contributed by atoms with van der Waals surface area (Å²) in [4.78, 5) is 8.37. The predicted octanol–water partition coefficient (Wildman–Crippen LogP) is 1.64. The van der Waals surface area contributed by atoms with Crippen LogP contribution in [-0.4, -0.2) is 17.0 Å². The van der Waals surface area contributed by atoms with E-state index in [-0.39, 0.29) is 0 Å². The Bertz CT molecular complexity index is 215. The number of nitrogens with one attached hydrogen (secondary N) is 1. The molecule has 0 saturated heterocycles. The van der Waals surface area contributed by atoms with Gasteiger partial charge >= 0.3 is 0 Å². The Morgan fingerprint density at radius 2 is 2.00 bits per heavy atom. The van der Waals surface area contributed by atoms with E-state index >= 15 is 0 Å². The van der Waals surface area contributed by atoms with E-state index in [0.29, 0.717) is 5.92 Å². The molecule has 0 radical (unpaired) electrons. The second-order valence-electron chi connectivity index (χ2n) is 2.73. The van der Waals surface area contributed by atoms with Gasteiger partial charge in [-0.05, 0) is 5.92 Å². The van der Waals surface area contributed by atoms with Gasteiger partial charge in [-0.2, -0.15) is 0 Å². The summed E-state index contributed by atoms with van der Waals surface area (Å²) in [7, 11) is 1.83. The monoisotopic (exact) mass is 151 g/mol. The Hall–Kier alpha value is -1.12. The van der Waals surface area contributed by atoms with Gasteiger partial charge in [0.25, 0.3) is 0 Å². The maximum Gasteiger partial charge on any atom is 0.144 e. The molecule has 0 aliphatic heterocycles. The molecule has 1 aromatic heterocycles. The van der Waals surface area contributed by atoms with Gasteiger partial charge in [0.1, 0.15) is 5.82 Å². The lowest BCUT2D eigenvalue weighted by Gasteiger charge is -2.03. The van der Waals surface area contributed by atoms with Gasteiger partial charge in [0.05, 0.1) is 18.1 Å². The van der Waals surface area contributed by atoms with E-state index in [0.717, 1.165) is 11.5 Å². The van der Waals surface area contributed by atoms with Crippen LogP contribution >= 0.6 is 0 Å². The molecule has 0 saturated carbocycles. The summed E-state index contributed by atoms with van der Waals surface area (Å²) < 4.78 is 0. The molecule has 1 heterocycles. The Labute approximate surface area is 66.9 Å². The minimum absolute atomic E-state index is 0.452. The average molecular weight is 151 g/mol. The first kappa shape index (κ1) is 7.98. The molecule has 0 atom stereocenters. The Morgan fingerprint density at radius 3 is 2.36 bits per heavy atom. The zero-order valence-electron chi connectivity index (χ0n) is 7.13. The minimum Gasteiger partial charge on any atom is -0.372 e. The number of rotatable bonds is 2. The van der Waals surface area contributed by atoms with Gasteiger partial charge in [-0.25, -0.2) is 4.98 Å². The maximum atomic E-state index is 4.22. The van der Waals surface area contributed by atoms with E-state index in [1.807, 2.05) is 7.05 Å². The van der Waals surface area contributed by atoms with Crippen LogP contribution in [0.15, 0.2) is 12.4 Å². The molecule has 11 heavy (non-hydrogen) atoms. The van der Waals surface area contributed by atoms with Gasteiger partial charge in [-0.3, -0.25) is 4.98 Å². The lowest BCUT2D eigenvalue weighted by atomic mass is 10.1. The topological polar surface area (TPSA) is 37.8 Å². The van der Waals surface area contributed by atoms with Crippen LogP contribution in [0, 0.1) is 0 Å². The molecule has 0 spiro atoms. The van der Waals surface area contributed by atoms with E-state index in [4.69, 9.17) is 0 Å². The smallest absolute Gasteiger partial charge is 0.144 e. The fraction of sp³-hybridized carbons (Fsp3) is 0.500. The van der Waals surface area contributed by atoms with Gasteiger partial charge in [-0.15, -0.1) is 0 Å². The van der Waals surface area contributed by atoms with Gasteiger partial charge in [0.15, 0.2) is 0 Å². The molecule has 1 N–H and O–H groups in total. The first-order chi connectivity index (χ1) is 5.24. The summed E-state index contributed by atoms with van der Waals surface area (Å²) in [5, 5.41) is 2.92. The zero-order valence-corrected chi connectivity index (χ0v) is 7.13. The number of aromatic nitrogens is 2. The first-order valence-corrected chi connectivity index (χ1v) is 3.73. The van der Waals surface area contributed by atoms with E-state index in [1.165, 1.54) is 0 Å². The Balaban J connectivity index is 2.83. The summed E-state index contributed by atoms with van der Waals surface area (Å²) in [6, 6.07) is 0. The van der Waals surface area contributed by atoms with Crippen molar-refractivity contribution in [3.63, 3.8) is 0 Å². The quantitative estimate of drug-likeness (QED) is 0.698. The summed E-state index contributed by atoms with van der Waals surface area (Å²) >= 11 is 0. The highest BCUT2D eigenvalue weighted by Crippen LogP contribution is 2.10. The van der Waals surface area contributed by atoms with Crippen molar-refractivity contribution in [2.45, 2.75) is 19.8 Å². The third-order valence-corrected chi connectivity index (χ3v) is 1.52. The molecule has 0 bridgehead atoms. The molecule has 3 nitrogen and oxygen atoms in total. The fourth-order valence-electron chi connectivity index (χ4n) is 0.765. The van der Waals surface area contributed by atoms with E-state index < -0.39 is 0 Å². The highest BCUT2D eigenvalue weighted by molar-refractivity contribution is 5.29. The van der Waals surface area contributed by atoms with Crippen LogP contribution < -0.4 is 5.32 Å². The summed E-state index contributed by atoms with van der Waals surface area (Å²) in [5.74, 6) is 1.27. The molecule has 1 aromatic rings. The number of hydrogen-bond donors (Lipinski definition) is 1. The van der Waals surface area contributed by atoms with E-state index in [2.05, 4.69) is 29.1 Å². The van der Waals surface area contributed by atoms with Crippen LogP contribution in [-0.2, 0) is 0 Å². The van der Waals surface area contributed by atoms with Crippen LogP contribution in [0.3, 0.4) is 0 Å². The fourth-order valence-corrected chi connectivity index (χ4v) is 0.765. The van der Waals surface area contributed by atoms with Crippen molar-refractivity contribution in [3.05, 3.63) is 18.1 Å². The average Bonchev–Trinajstić information content (AvgIpc) is 2.05. The molecule has 0 aliphatic rings. The number of anilines is 1. The lowest BCUT2D eigenvalue weighted by Crippen LogP contribution is -1.97. The van der Waals surface area contributed by atoms with Crippen molar-refractivity contribution in [2.75, 3.05) is 12.4 Å². The summed E-state index contributed by atoms with van der Waals surface area (Å²) in [5.41, 5.74) is 1.03. The Kier molecular flexibility index (Phi) is 2.41. The van der Waals surface area contributed by atoms with Crippen LogP contribution in [0.5, 0.6) is 0 Å². The van der Waals surface area contributed by atoms with Crippen molar-refractivity contribution in [1.82, 2.24) is 9.97 Å². The molecular weight excluding hydrogens is 138 g/mol. The summed E-state index contributed by atoms with van der Waals surface area (Å²) in [6.45, 7) is 4.20. The van der Waals surface area contributed by atoms with Crippen LogP contribution in [0.25, 0.3) is 0 Å². The molecule has 0 aliphatic carbocycles. The third-order valence-electron chi connectivity index (χ3n) is 1.52. The predicted molar refractivity (Wildman–Crippen MR) is 45.7 cm³/mol. The number of hydrogen-bond acceptors (Lipinski definition) is 3. The molecule has 0 unspecified atom stereocenters. The van der Waals surface area contributed by atoms with Crippen LogP contribution in [0.4, 0.5) is 5.82 Å². The van der Waals surface area contributed by atoms with Gasteiger partial charge in [0, 0.05) is 7.05 Å². The van der Waals surface area contributed by atoms with Crippen molar-refractivity contribution < 1.29 is 0 Å². The van der Waals surface area contributed by atoms with Gasteiger partial charge in [0.2, 0.25) is 0 Å². The highest BCUT2D eigenvalue weighted by atomic mass is 15.0. The van der Waals surface area contributed by atoms with Gasteiger partial charge < -0.3 is 5.32 Å². The minimum atomic E-state index is 0.452. The van der Waals surface area contributed by atoms with Crippen LogP contribution in [0.2, 0.25) is 0 Å². The molecule has 3 heteroatoms. The van der Waals surface area contributed by atoms with E-state index in [1.54, 1.807) is 12.4 Å². The molecule has 60 valence electrons. The largest absolute Gasteiger partial charge is 0.372 e.